The summed E-state index contributed by atoms with van der Waals surface area (Å²) in [5, 5.41) is 0. The van der Waals surface area contributed by atoms with Crippen molar-refractivity contribution in [2.75, 3.05) is 26.7 Å². The second kappa shape index (κ2) is 10.1. The van der Waals surface area contributed by atoms with Crippen molar-refractivity contribution >= 4 is 29.8 Å². The van der Waals surface area contributed by atoms with Crippen molar-refractivity contribution in [3.8, 4) is 0 Å². The molecule has 0 radical (unpaired) electrons. The molecule has 34 heavy (non-hydrogen) atoms. The molecule has 0 saturated carbocycles. The highest BCUT2D eigenvalue weighted by atomic mass is 16.5. The number of carbonyl (C=O) groups excluding carboxylic acids is 1. The number of ether oxygens (including phenoxy) is 1. The Bertz CT molecular complexity index is 1240. The minimum absolute atomic E-state index is 0.302. The number of esters is 1. The van der Waals surface area contributed by atoms with Gasteiger partial charge in [-0.05, 0) is 58.4 Å². The van der Waals surface area contributed by atoms with Gasteiger partial charge in [0, 0.05) is 19.6 Å². The molecule has 1 fully saturated rings. The summed E-state index contributed by atoms with van der Waals surface area (Å²) in [6.07, 6.45) is 10.9. The van der Waals surface area contributed by atoms with E-state index in [9.17, 15) is 4.79 Å². The van der Waals surface area contributed by atoms with Gasteiger partial charge in [-0.1, -0.05) is 90.5 Å². The van der Waals surface area contributed by atoms with Crippen LogP contribution in [0.3, 0.4) is 0 Å². The quantitative estimate of drug-likeness (QED) is 0.332. The first kappa shape index (κ1) is 22.1. The van der Waals surface area contributed by atoms with Gasteiger partial charge in [0.25, 0.3) is 0 Å². The first-order valence-corrected chi connectivity index (χ1v) is 11.9. The maximum Gasteiger partial charge on any atom is 0.337 e. The van der Waals surface area contributed by atoms with E-state index in [1.165, 1.54) is 34.9 Å². The molecule has 3 aromatic carbocycles. The van der Waals surface area contributed by atoms with Gasteiger partial charge in [0.05, 0.1) is 12.7 Å². The number of piperidine rings is 1. The van der Waals surface area contributed by atoms with Gasteiger partial charge in [0.1, 0.15) is 0 Å². The molecule has 0 aromatic heterocycles. The Morgan fingerprint density at radius 2 is 1.53 bits per heavy atom. The molecule has 1 aliphatic heterocycles. The van der Waals surface area contributed by atoms with Crippen molar-refractivity contribution in [1.82, 2.24) is 4.90 Å². The Kier molecular flexibility index (Phi) is 6.55. The summed E-state index contributed by atoms with van der Waals surface area (Å²) in [5.41, 5.74) is 9.84. The lowest BCUT2D eigenvalue weighted by atomic mass is 9.86. The first-order valence-electron chi connectivity index (χ1n) is 11.9. The van der Waals surface area contributed by atoms with E-state index in [-0.39, 0.29) is 5.97 Å². The fourth-order valence-corrected chi connectivity index (χ4v) is 4.93. The molecule has 3 aromatic rings. The smallest absolute Gasteiger partial charge is 0.337 e. The van der Waals surface area contributed by atoms with Gasteiger partial charge in [0.2, 0.25) is 0 Å². The van der Waals surface area contributed by atoms with E-state index in [0.717, 1.165) is 38.0 Å². The number of rotatable bonds is 4. The van der Waals surface area contributed by atoms with Crippen molar-refractivity contribution < 1.29 is 9.53 Å². The standard InChI is InChI=1S/C31H29NO2/c1-34-31(33)27-12-6-8-23(22-27)9-7-19-32-20-17-26(18-21-32)30-28-13-4-2-10-24(28)15-16-25-11-3-5-14-29(25)30/h2-16,22H,17-21H2,1H3/b9-7+. The van der Waals surface area contributed by atoms with Gasteiger partial charge in [-0.15, -0.1) is 0 Å². The van der Waals surface area contributed by atoms with Crippen LogP contribution >= 0.6 is 0 Å². The molecular formula is C31H29NO2. The number of hydrogen-bond acceptors (Lipinski definition) is 3. The zero-order valence-corrected chi connectivity index (χ0v) is 19.5. The normalized spacial score (nSPS) is 15.7. The van der Waals surface area contributed by atoms with Crippen LogP contribution in [0.5, 0.6) is 0 Å². The van der Waals surface area contributed by atoms with Crippen LogP contribution in [-0.4, -0.2) is 37.6 Å². The van der Waals surface area contributed by atoms with Crippen LogP contribution in [0.1, 0.15) is 51.0 Å². The third kappa shape index (κ3) is 4.66. The molecule has 5 rings (SSSR count). The highest BCUT2D eigenvalue weighted by Gasteiger charge is 2.22. The van der Waals surface area contributed by atoms with E-state index in [2.05, 4.69) is 77.7 Å². The third-order valence-corrected chi connectivity index (χ3v) is 6.70. The summed E-state index contributed by atoms with van der Waals surface area (Å²) in [6.45, 7) is 2.99. The van der Waals surface area contributed by atoms with Gasteiger partial charge in [-0.25, -0.2) is 4.79 Å². The minimum Gasteiger partial charge on any atom is -0.465 e. The van der Waals surface area contributed by atoms with Crippen LogP contribution in [0.2, 0.25) is 0 Å². The first-order chi connectivity index (χ1) is 16.7. The summed E-state index contributed by atoms with van der Waals surface area (Å²) in [7, 11) is 1.41. The van der Waals surface area contributed by atoms with Crippen LogP contribution < -0.4 is 0 Å². The highest BCUT2D eigenvalue weighted by molar-refractivity contribution is 5.95. The van der Waals surface area contributed by atoms with Crippen molar-refractivity contribution in [1.29, 1.82) is 0 Å². The zero-order chi connectivity index (χ0) is 23.3. The van der Waals surface area contributed by atoms with Gasteiger partial charge in [0.15, 0.2) is 0 Å². The van der Waals surface area contributed by atoms with Crippen molar-refractivity contribution in [2.45, 2.75) is 12.8 Å². The molecule has 2 aliphatic rings. The molecule has 0 bridgehead atoms. The molecule has 3 heteroatoms. The third-order valence-electron chi connectivity index (χ3n) is 6.70. The number of benzene rings is 3. The van der Waals surface area contributed by atoms with Crippen molar-refractivity contribution in [3.05, 3.63) is 118 Å². The van der Waals surface area contributed by atoms with Crippen LogP contribution in [0.4, 0.5) is 0 Å². The Morgan fingerprint density at radius 3 is 2.18 bits per heavy atom. The average molecular weight is 448 g/mol. The lowest BCUT2D eigenvalue weighted by Gasteiger charge is -2.29. The molecule has 1 saturated heterocycles. The summed E-state index contributed by atoms with van der Waals surface area (Å²) < 4.78 is 4.82. The number of likely N-dealkylation sites (tertiary alicyclic amines) is 1. The predicted molar refractivity (Wildman–Crippen MR) is 140 cm³/mol. The van der Waals surface area contributed by atoms with Crippen LogP contribution in [-0.2, 0) is 4.74 Å². The van der Waals surface area contributed by atoms with Gasteiger partial charge < -0.3 is 4.74 Å². The van der Waals surface area contributed by atoms with Crippen molar-refractivity contribution in [2.24, 2.45) is 0 Å². The molecule has 3 nitrogen and oxygen atoms in total. The van der Waals surface area contributed by atoms with E-state index in [1.807, 2.05) is 18.2 Å². The van der Waals surface area contributed by atoms with Gasteiger partial charge >= 0.3 is 5.97 Å². The second-order valence-electron chi connectivity index (χ2n) is 8.81. The SMILES string of the molecule is COC(=O)c1cccc(/C=C/CN2CCC(=C3c4ccccc4C=Cc4ccccc43)CC2)c1. The molecule has 0 N–H and O–H groups in total. The molecule has 0 unspecified atom stereocenters. The average Bonchev–Trinajstić information content (AvgIpc) is 3.06. The summed E-state index contributed by atoms with van der Waals surface area (Å²) in [5.74, 6) is -0.302. The summed E-state index contributed by atoms with van der Waals surface area (Å²) in [4.78, 5) is 14.3. The van der Waals surface area contributed by atoms with E-state index in [0.29, 0.717) is 5.56 Å². The molecule has 1 heterocycles. The fourth-order valence-electron chi connectivity index (χ4n) is 4.93. The number of hydrogen-bond donors (Lipinski definition) is 0. The Morgan fingerprint density at radius 1 is 0.882 bits per heavy atom. The van der Waals surface area contributed by atoms with Crippen LogP contribution in [0, 0.1) is 0 Å². The maximum absolute atomic E-state index is 11.8. The lowest BCUT2D eigenvalue weighted by Crippen LogP contribution is -2.31. The largest absolute Gasteiger partial charge is 0.465 e. The van der Waals surface area contributed by atoms with E-state index >= 15 is 0 Å². The molecule has 1 aliphatic carbocycles. The molecule has 0 spiro atoms. The Labute approximate surface area is 201 Å². The van der Waals surface area contributed by atoms with Gasteiger partial charge in [-0.2, -0.15) is 0 Å². The molecule has 0 amide bonds. The van der Waals surface area contributed by atoms with Crippen LogP contribution in [0.15, 0.2) is 84.4 Å². The molecule has 0 atom stereocenters. The Hall–Kier alpha value is -3.69. The topological polar surface area (TPSA) is 29.5 Å². The van der Waals surface area contributed by atoms with E-state index < -0.39 is 0 Å². The van der Waals surface area contributed by atoms with E-state index in [4.69, 9.17) is 4.74 Å². The second-order valence-corrected chi connectivity index (χ2v) is 8.81. The maximum atomic E-state index is 11.8. The van der Waals surface area contributed by atoms with Crippen LogP contribution in [0.25, 0.3) is 23.8 Å². The molecule has 170 valence electrons. The summed E-state index contributed by atoms with van der Waals surface area (Å²) >= 11 is 0. The van der Waals surface area contributed by atoms with Crippen molar-refractivity contribution in [3.63, 3.8) is 0 Å². The highest BCUT2D eigenvalue weighted by Crippen LogP contribution is 2.38. The monoisotopic (exact) mass is 447 g/mol. The number of fused-ring (bicyclic) bond motifs is 2. The Balaban J connectivity index is 1.32. The predicted octanol–water partition coefficient (Wildman–Crippen LogP) is 6.57. The zero-order valence-electron chi connectivity index (χ0n) is 19.5. The fraction of sp³-hybridized carbons (Fsp3) is 0.194. The number of carbonyl (C=O) groups is 1. The van der Waals surface area contributed by atoms with Gasteiger partial charge in [-0.3, -0.25) is 4.90 Å². The minimum atomic E-state index is -0.302. The number of nitrogens with zero attached hydrogens (tertiary/aromatic N) is 1. The van der Waals surface area contributed by atoms with E-state index in [1.54, 1.807) is 11.6 Å². The number of methoxy groups -OCH3 is 1. The molecular weight excluding hydrogens is 418 g/mol. The summed E-state index contributed by atoms with van der Waals surface area (Å²) in [6, 6.07) is 25.1. The lowest BCUT2D eigenvalue weighted by molar-refractivity contribution is 0.0600.